The lowest BCUT2D eigenvalue weighted by Crippen LogP contribution is -1.92. The van der Waals surface area contributed by atoms with Gasteiger partial charge in [0.15, 0.2) is 0 Å². The van der Waals surface area contributed by atoms with E-state index in [1.54, 1.807) is 24.3 Å². The van der Waals surface area contributed by atoms with Crippen LogP contribution in [0.4, 0.5) is 14.5 Å². The van der Waals surface area contributed by atoms with E-state index in [9.17, 15) is 8.78 Å². The Labute approximate surface area is 109 Å². The van der Waals surface area contributed by atoms with Gasteiger partial charge in [-0.1, -0.05) is 30.3 Å². The Kier molecular flexibility index (Phi) is 2.67. The molecule has 2 N–H and O–H groups in total. The number of fused-ring (bicyclic) bond motifs is 1. The average Bonchev–Trinajstić information content (AvgIpc) is 2.41. The zero-order chi connectivity index (χ0) is 13.4. The summed E-state index contributed by atoms with van der Waals surface area (Å²) in [5.74, 6) is -0.660. The first kappa shape index (κ1) is 11.7. The lowest BCUT2D eigenvalue weighted by molar-refractivity contribution is 0.628. The Morgan fingerprint density at radius 1 is 0.737 bits per heavy atom. The monoisotopic (exact) mass is 255 g/mol. The van der Waals surface area contributed by atoms with Crippen LogP contribution in [0.5, 0.6) is 0 Å². The zero-order valence-corrected chi connectivity index (χ0v) is 10.0. The van der Waals surface area contributed by atoms with Gasteiger partial charge in [0.25, 0.3) is 0 Å². The molecule has 0 aromatic heterocycles. The Balaban J connectivity index is 2.34. The van der Waals surface area contributed by atoms with Crippen molar-refractivity contribution in [2.24, 2.45) is 0 Å². The molecule has 0 saturated carbocycles. The minimum absolute atomic E-state index is 0.278. The van der Waals surface area contributed by atoms with Gasteiger partial charge >= 0.3 is 0 Å². The smallest absolute Gasteiger partial charge is 0.131 e. The second-order valence-corrected chi connectivity index (χ2v) is 4.37. The molecular formula is C16H11F2N. The molecule has 0 atom stereocenters. The molecule has 0 saturated heterocycles. The van der Waals surface area contributed by atoms with Gasteiger partial charge in [-0.3, -0.25) is 0 Å². The number of hydrogen-bond acceptors (Lipinski definition) is 1. The molecule has 19 heavy (non-hydrogen) atoms. The molecule has 0 amide bonds. The molecule has 0 aliphatic heterocycles. The fourth-order valence-electron chi connectivity index (χ4n) is 2.28. The maximum Gasteiger partial charge on any atom is 0.131 e. The Morgan fingerprint density at radius 3 is 2.16 bits per heavy atom. The third-order valence-corrected chi connectivity index (χ3v) is 3.17. The number of hydrogen-bond donors (Lipinski definition) is 1. The van der Waals surface area contributed by atoms with Crippen LogP contribution in [0.1, 0.15) is 0 Å². The number of nitrogens with two attached hydrogens (primary N) is 1. The Bertz CT molecular complexity index is 766. The van der Waals surface area contributed by atoms with Crippen molar-refractivity contribution in [3.63, 3.8) is 0 Å². The molecule has 3 heteroatoms. The van der Waals surface area contributed by atoms with Gasteiger partial charge in [-0.05, 0) is 35.2 Å². The van der Waals surface area contributed by atoms with E-state index in [0.717, 1.165) is 10.9 Å². The van der Waals surface area contributed by atoms with E-state index in [0.29, 0.717) is 16.6 Å². The van der Waals surface area contributed by atoms with E-state index in [1.807, 2.05) is 12.1 Å². The molecule has 0 radical (unpaired) electrons. The van der Waals surface area contributed by atoms with Crippen molar-refractivity contribution in [3.8, 4) is 11.1 Å². The van der Waals surface area contributed by atoms with Crippen molar-refractivity contribution in [1.29, 1.82) is 0 Å². The number of halogens is 2. The fraction of sp³-hybridized carbons (Fsp3) is 0. The quantitative estimate of drug-likeness (QED) is 0.642. The first-order valence-corrected chi connectivity index (χ1v) is 5.89. The van der Waals surface area contributed by atoms with E-state index in [4.69, 9.17) is 5.73 Å². The molecule has 0 aliphatic rings. The summed E-state index contributed by atoms with van der Waals surface area (Å²) in [6, 6.07) is 14.5. The van der Waals surface area contributed by atoms with Crippen LogP contribution in [0.2, 0.25) is 0 Å². The van der Waals surface area contributed by atoms with Crippen LogP contribution in [0.25, 0.3) is 21.9 Å². The van der Waals surface area contributed by atoms with Gasteiger partial charge in [0.2, 0.25) is 0 Å². The summed E-state index contributed by atoms with van der Waals surface area (Å²) in [5, 5.41) is 1.30. The van der Waals surface area contributed by atoms with Crippen molar-refractivity contribution in [3.05, 3.63) is 66.2 Å². The molecule has 0 fully saturated rings. The van der Waals surface area contributed by atoms with Crippen molar-refractivity contribution < 1.29 is 8.78 Å². The lowest BCUT2D eigenvalue weighted by Gasteiger charge is -2.10. The van der Waals surface area contributed by atoms with Gasteiger partial charge in [0.05, 0.1) is 0 Å². The second kappa shape index (κ2) is 4.35. The summed E-state index contributed by atoms with van der Waals surface area (Å²) >= 11 is 0. The molecule has 0 spiro atoms. The number of nitrogen functional groups attached to an aromatic ring is 1. The van der Waals surface area contributed by atoms with Crippen LogP contribution < -0.4 is 5.73 Å². The number of benzene rings is 3. The van der Waals surface area contributed by atoms with Crippen LogP contribution in [-0.4, -0.2) is 0 Å². The predicted octanol–water partition coefficient (Wildman–Crippen LogP) is 4.37. The average molecular weight is 255 g/mol. The largest absolute Gasteiger partial charge is 0.398 e. The highest BCUT2D eigenvalue weighted by Gasteiger charge is 2.10. The predicted molar refractivity (Wildman–Crippen MR) is 73.7 cm³/mol. The van der Waals surface area contributed by atoms with Gasteiger partial charge in [0.1, 0.15) is 11.6 Å². The number of anilines is 1. The van der Waals surface area contributed by atoms with Crippen molar-refractivity contribution in [2.45, 2.75) is 0 Å². The normalized spacial score (nSPS) is 10.8. The summed E-state index contributed by atoms with van der Waals surface area (Å²) < 4.78 is 26.9. The maximum absolute atomic E-state index is 13.8. The summed E-state index contributed by atoms with van der Waals surface area (Å²) in [6.07, 6.45) is 0. The van der Waals surface area contributed by atoms with E-state index >= 15 is 0 Å². The van der Waals surface area contributed by atoms with Crippen LogP contribution in [0, 0.1) is 11.6 Å². The number of rotatable bonds is 1. The summed E-state index contributed by atoms with van der Waals surface area (Å²) in [5.41, 5.74) is 7.70. The second-order valence-electron chi connectivity index (χ2n) is 4.37. The van der Waals surface area contributed by atoms with Gasteiger partial charge in [0, 0.05) is 16.6 Å². The van der Waals surface area contributed by atoms with Crippen LogP contribution in [-0.2, 0) is 0 Å². The van der Waals surface area contributed by atoms with Gasteiger partial charge in [-0.2, -0.15) is 0 Å². The zero-order valence-electron chi connectivity index (χ0n) is 10.0. The first-order valence-electron chi connectivity index (χ1n) is 5.89. The van der Waals surface area contributed by atoms with Gasteiger partial charge in [-0.15, -0.1) is 0 Å². The van der Waals surface area contributed by atoms with Crippen molar-refractivity contribution in [1.82, 2.24) is 0 Å². The van der Waals surface area contributed by atoms with Crippen LogP contribution in [0.15, 0.2) is 54.6 Å². The van der Waals surface area contributed by atoms with E-state index in [-0.39, 0.29) is 11.6 Å². The minimum atomic E-state index is -0.382. The SMILES string of the molecule is Nc1cc(F)ccc1-c1ccc(F)c2ccccc12. The minimum Gasteiger partial charge on any atom is -0.398 e. The molecule has 0 heterocycles. The summed E-state index contributed by atoms with van der Waals surface area (Å²) in [4.78, 5) is 0. The molecule has 0 bridgehead atoms. The molecule has 3 aromatic rings. The fourth-order valence-corrected chi connectivity index (χ4v) is 2.28. The molecule has 94 valence electrons. The standard InChI is InChI=1S/C16H11F2N/c17-10-5-6-14(16(19)9-10)12-7-8-15(18)13-4-2-1-3-11(12)13/h1-9H,19H2. The third-order valence-electron chi connectivity index (χ3n) is 3.17. The van der Waals surface area contributed by atoms with E-state index < -0.39 is 0 Å². The van der Waals surface area contributed by atoms with Gasteiger partial charge < -0.3 is 5.73 Å². The molecular weight excluding hydrogens is 244 g/mol. The molecule has 3 rings (SSSR count). The summed E-state index contributed by atoms with van der Waals surface area (Å²) in [7, 11) is 0. The lowest BCUT2D eigenvalue weighted by atomic mass is 9.97. The van der Waals surface area contributed by atoms with E-state index in [1.165, 1.54) is 18.2 Å². The van der Waals surface area contributed by atoms with Crippen LogP contribution >= 0.6 is 0 Å². The molecule has 0 unspecified atom stereocenters. The van der Waals surface area contributed by atoms with Crippen LogP contribution in [0.3, 0.4) is 0 Å². The first-order chi connectivity index (χ1) is 9.16. The highest BCUT2D eigenvalue weighted by molar-refractivity contribution is 5.99. The Hall–Kier alpha value is -2.42. The summed E-state index contributed by atoms with van der Waals surface area (Å²) in [6.45, 7) is 0. The maximum atomic E-state index is 13.8. The highest BCUT2D eigenvalue weighted by atomic mass is 19.1. The Morgan fingerprint density at radius 2 is 1.42 bits per heavy atom. The molecule has 1 nitrogen and oxygen atoms in total. The molecule has 0 aliphatic carbocycles. The highest BCUT2D eigenvalue weighted by Crippen LogP contribution is 2.33. The van der Waals surface area contributed by atoms with Gasteiger partial charge in [-0.25, -0.2) is 8.78 Å². The van der Waals surface area contributed by atoms with Crippen molar-refractivity contribution >= 4 is 16.5 Å². The van der Waals surface area contributed by atoms with E-state index in [2.05, 4.69) is 0 Å². The topological polar surface area (TPSA) is 26.0 Å². The van der Waals surface area contributed by atoms with Crippen molar-refractivity contribution in [2.75, 3.05) is 5.73 Å². The molecule has 3 aromatic carbocycles. The third kappa shape index (κ3) is 1.93.